The molecular weight excluding hydrogens is 334 g/mol. The van der Waals surface area contributed by atoms with Gasteiger partial charge in [0.15, 0.2) is 11.5 Å². The molecule has 138 valence electrons. The Morgan fingerprint density at radius 1 is 1.04 bits per heavy atom. The summed E-state index contributed by atoms with van der Waals surface area (Å²) in [5.41, 5.74) is 1.11. The van der Waals surface area contributed by atoms with Crippen molar-refractivity contribution < 1.29 is 9.47 Å². The molecule has 0 radical (unpaired) electrons. The van der Waals surface area contributed by atoms with E-state index in [1.54, 1.807) is 7.11 Å². The maximum absolute atomic E-state index is 6.53. The maximum Gasteiger partial charge on any atom is 0.162 e. The van der Waals surface area contributed by atoms with Crippen molar-refractivity contribution in [2.75, 3.05) is 13.7 Å². The van der Waals surface area contributed by atoms with Crippen LogP contribution < -0.4 is 14.8 Å². The highest BCUT2D eigenvalue weighted by Gasteiger charge is 2.47. The normalized spacial score (nSPS) is 32.8. The van der Waals surface area contributed by atoms with Gasteiger partial charge in [0.25, 0.3) is 0 Å². The van der Waals surface area contributed by atoms with Gasteiger partial charge in [-0.3, -0.25) is 0 Å². The molecule has 0 spiro atoms. The lowest BCUT2D eigenvalue weighted by Gasteiger charge is -2.54. The van der Waals surface area contributed by atoms with Crippen molar-refractivity contribution in [2.24, 2.45) is 23.7 Å². The van der Waals surface area contributed by atoms with Crippen molar-refractivity contribution in [1.82, 2.24) is 5.32 Å². The number of ether oxygens (including phenoxy) is 2. The molecule has 0 aromatic heterocycles. The predicted octanol–water partition coefficient (Wildman–Crippen LogP) is 5.05. The van der Waals surface area contributed by atoms with Crippen LogP contribution in [0.2, 0.25) is 5.02 Å². The molecule has 4 aliphatic carbocycles. The molecule has 5 rings (SSSR count). The van der Waals surface area contributed by atoms with Gasteiger partial charge < -0.3 is 14.8 Å². The molecule has 0 saturated heterocycles. The van der Waals surface area contributed by atoms with Crippen molar-refractivity contribution in [3.05, 3.63) is 22.7 Å². The second kappa shape index (κ2) is 7.36. The van der Waals surface area contributed by atoms with Crippen LogP contribution >= 0.6 is 11.6 Å². The van der Waals surface area contributed by atoms with Crippen molar-refractivity contribution in [2.45, 2.75) is 58.0 Å². The van der Waals surface area contributed by atoms with Crippen LogP contribution in [-0.2, 0) is 6.54 Å². The van der Waals surface area contributed by atoms with E-state index in [1.165, 1.54) is 32.1 Å². The number of hydrogen-bond acceptors (Lipinski definition) is 3. The number of benzene rings is 1. The van der Waals surface area contributed by atoms with E-state index in [9.17, 15) is 0 Å². The summed E-state index contributed by atoms with van der Waals surface area (Å²) in [5.74, 6) is 5.30. The van der Waals surface area contributed by atoms with Crippen LogP contribution in [0.3, 0.4) is 0 Å². The highest BCUT2D eigenvalue weighted by molar-refractivity contribution is 6.31. The Balaban J connectivity index is 1.44. The summed E-state index contributed by atoms with van der Waals surface area (Å²) < 4.78 is 11.3. The van der Waals surface area contributed by atoms with E-state index in [4.69, 9.17) is 21.1 Å². The molecule has 3 nitrogen and oxygen atoms in total. The number of methoxy groups -OCH3 is 1. The van der Waals surface area contributed by atoms with Crippen LogP contribution in [0.4, 0.5) is 0 Å². The van der Waals surface area contributed by atoms with Gasteiger partial charge in [0.1, 0.15) is 0 Å². The lowest BCUT2D eigenvalue weighted by atomic mass is 9.54. The molecule has 4 fully saturated rings. The minimum absolute atomic E-state index is 0.672. The minimum Gasteiger partial charge on any atom is -0.493 e. The molecule has 25 heavy (non-hydrogen) atoms. The van der Waals surface area contributed by atoms with Crippen LogP contribution in [-0.4, -0.2) is 19.8 Å². The smallest absolute Gasteiger partial charge is 0.162 e. The Morgan fingerprint density at radius 2 is 1.72 bits per heavy atom. The quantitative estimate of drug-likeness (QED) is 0.735. The molecule has 0 aliphatic heterocycles. The van der Waals surface area contributed by atoms with Gasteiger partial charge in [-0.15, -0.1) is 0 Å². The number of rotatable bonds is 7. The molecule has 4 bridgehead atoms. The van der Waals surface area contributed by atoms with E-state index < -0.39 is 0 Å². The predicted molar refractivity (Wildman–Crippen MR) is 101 cm³/mol. The van der Waals surface area contributed by atoms with Crippen LogP contribution in [0.25, 0.3) is 0 Å². The average Bonchev–Trinajstić information content (AvgIpc) is 2.60. The van der Waals surface area contributed by atoms with Crippen molar-refractivity contribution in [3.63, 3.8) is 0 Å². The molecule has 1 aromatic rings. The number of nitrogens with one attached hydrogen (secondary N) is 1. The Morgan fingerprint density at radius 3 is 2.32 bits per heavy atom. The van der Waals surface area contributed by atoms with Gasteiger partial charge in [-0.2, -0.15) is 0 Å². The zero-order valence-corrected chi connectivity index (χ0v) is 16.1. The summed E-state index contributed by atoms with van der Waals surface area (Å²) in [6.07, 6.45) is 8.21. The van der Waals surface area contributed by atoms with Gasteiger partial charge in [-0.1, -0.05) is 18.5 Å². The molecule has 0 heterocycles. The first-order valence-corrected chi connectivity index (χ1v) is 10.3. The molecule has 0 amide bonds. The summed E-state index contributed by atoms with van der Waals surface area (Å²) >= 11 is 6.53. The lowest BCUT2D eigenvalue weighted by molar-refractivity contribution is -0.0142. The third-order valence-electron chi connectivity index (χ3n) is 6.55. The fourth-order valence-electron chi connectivity index (χ4n) is 5.68. The summed E-state index contributed by atoms with van der Waals surface area (Å²) in [7, 11) is 1.69. The largest absolute Gasteiger partial charge is 0.493 e. The van der Waals surface area contributed by atoms with E-state index in [1.807, 2.05) is 12.1 Å². The first-order valence-electron chi connectivity index (χ1n) is 9.90. The minimum atomic E-state index is 0.672. The highest BCUT2D eigenvalue weighted by atomic mass is 35.5. The molecule has 4 heteroatoms. The Hall–Kier alpha value is -0.930. The Kier molecular flexibility index (Phi) is 5.15. The highest BCUT2D eigenvalue weighted by Crippen LogP contribution is 2.53. The third kappa shape index (κ3) is 3.50. The molecule has 1 aromatic carbocycles. The monoisotopic (exact) mass is 363 g/mol. The van der Waals surface area contributed by atoms with Gasteiger partial charge >= 0.3 is 0 Å². The average molecular weight is 364 g/mol. The fourth-order valence-corrected chi connectivity index (χ4v) is 5.90. The first-order chi connectivity index (χ1) is 12.2. The van der Waals surface area contributed by atoms with Gasteiger partial charge in [-0.25, -0.2) is 0 Å². The first kappa shape index (κ1) is 17.5. The van der Waals surface area contributed by atoms with Crippen LogP contribution in [0, 0.1) is 23.7 Å². The molecule has 4 saturated carbocycles. The van der Waals surface area contributed by atoms with Crippen LogP contribution in [0.15, 0.2) is 12.1 Å². The molecule has 0 unspecified atom stereocenters. The molecule has 1 N–H and O–H groups in total. The molecular formula is C21H30ClNO2. The zero-order valence-electron chi connectivity index (χ0n) is 15.4. The maximum atomic E-state index is 6.53. The van der Waals surface area contributed by atoms with Crippen LogP contribution in [0.1, 0.15) is 51.0 Å². The number of halogens is 1. The van der Waals surface area contributed by atoms with Crippen molar-refractivity contribution >= 4 is 11.6 Å². The fraction of sp³-hybridized carbons (Fsp3) is 0.714. The SMILES string of the molecule is CCCOc1cc(Cl)c(CNC2C3CC4CC(C3)CC2C4)cc1OC. The summed E-state index contributed by atoms with van der Waals surface area (Å²) in [5, 5.41) is 4.62. The van der Waals surface area contributed by atoms with Crippen LogP contribution in [0.5, 0.6) is 11.5 Å². The topological polar surface area (TPSA) is 30.5 Å². The van der Waals surface area contributed by atoms with E-state index in [-0.39, 0.29) is 0 Å². The lowest BCUT2D eigenvalue weighted by Crippen LogP contribution is -2.54. The van der Waals surface area contributed by atoms with E-state index >= 15 is 0 Å². The van der Waals surface area contributed by atoms with E-state index in [0.29, 0.717) is 12.6 Å². The van der Waals surface area contributed by atoms with Gasteiger partial charge in [0.2, 0.25) is 0 Å². The van der Waals surface area contributed by atoms with Gasteiger partial charge in [0.05, 0.1) is 13.7 Å². The van der Waals surface area contributed by atoms with Gasteiger partial charge in [0, 0.05) is 23.7 Å². The molecule has 4 aliphatic rings. The Labute approximate surface area is 156 Å². The Bertz CT molecular complexity index is 590. The second-order valence-electron chi connectivity index (χ2n) is 8.28. The summed E-state index contributed by atoms with van der Waals surface area (Å²) in [6, 6.07) is 4.62. The van der Waals surface area contributed by atoms with Gasteiger partial charge in [-0.05, 0) is 73.8 Å². The van der Waals surface area contributed by atoms with Crippen molar-refractivity contribution in [3.8, 4) is 11.5 Å². The van der Waals surface area contributed by atoms with Crippen molar-refractivity contribution in [1.29, 1.82) is 0 Å². The summed E-state index contributed by atoms with van der Waals surface area (Å²) in [6.45, 7) is 3.59. The standard InChI is InChI=1S/C21H30ClNO2/c1-3-4-25-20-11-18(22)17(10-19(20)24-2)12-23-21-15-6-13-5-14(8-15)9-16(21)7-13/h10-11,13-16,21,23H,3-9,12H2,1-2H3. The van der Waals surface area contributed by atoms with E-state index in [2.05, 4.69) is 12.2 Å². The summed E-state index contributed by atoms with van der Waals surface area (Å²) in [4.78, 5) is 0. The molecule has 0 atom stereocenters. The number of hydrogen-bond donors (Lipinski definition) is 1. The third-order valence-corrected chi connectivity index (χ3v) is 6.90. The van der Waals surface area contributed by atoms with E-state index in [0.717, 1.165) is 58.7 Å². The second-order valence-corrected chi connectivity index (χ2v) is 8.69. The zero-order chi connectivity index (χ0) is 17.4.